The van der Waals surface area contributed by atoms with Gasteiger partial charge in [0.1, 0.15) is 5.82 Å². The van der Waals surface area contributed by atoms with Gasteiger partial charge in [0.05, 0.1) is 11.6 Å². The standard InChI is InChI=1S/C12H11F3N4/c1-6-11-17-18-12(19(11)5-4-16-6)7-2-3-8(13)10(15)9(7)14/h2-3,6,16H,4-5H2,1H3. The van der Waals surface area contributed by atoms with Crippen molar-refractivity contribution in [3.8, 4) is 11.4 Å². The minimum atomic E-state index is -1.49. The average Bonchev–Trinajstić information content (AvgIpc) is 2.82. The molecule has 0 spiro atoms. The zero-order valence-corrected chi connectivity index (χ0v) is 10.1. The molecule has 0 amide bonds. The maximum atomic E-state index is 13.8. The van der Waals surface area contributed by atoms with Crippen LogP contribution in [0.1, 0.15) is 18.8 Å². The van der Waals surface area contributed by atoms with Gasteiger partial charge < -0.3 is 9.88 Å². The second kappa shape index (κ2) is 4.34. The van der Waals surface area contributed by atoms with E-state index in [1.807, 2.05) is 6.92 Å². The molecular weight excluding hydrogens is 257 g/mol. The molecule has 4 nitrogen and oxygen atoms in total. The predicted molar refractivity (Wildman–Crippen MR) is 61.7 cm³/mol. The SMILES string of the molecule is CC1NCCn2c(-c3ccc(F)c(F)c3F)nnc21. The number of rotatable bonds is 1. The van der Waals surface area contributed by atoms with Crippen LogP contribution in [0, 0.1) is 17.5 Å². The molecule has 0 bridgehead atoms. The van der Waals surface area contributed by atoms with Crippen molar-refractivity contribution in [2.45, 2.75) is 19.5 Å². The third kappa shape index (κ3) is 1.81. The highest BCUT2D eigenvalue weighted by molar-refractivity contribution is 5.56. The van der Waals surface area contributed by atoms with Crippen LogP contribution in [0.4, 0.5) is 13.2 Å². The molecule has 1 aliphatic heterocycles. The van der Waals surface area contributed by atoms with Crippen molar-refractivity contribution in [2.75, 3.05) is 6.54 Å². The monoisotopic (exact) mass is 268 g/mol. The third-order valence-corrected chi connectivity index (χ3v) is 3.23. The van der Waals surface area contributed by atoms with Gasteiger partial charge in [-0.15, -0.1) is 10.2 Å². The molecule has 0 fully saturated rings. The van der Waals surface area contributed by atoms with E-state index in [0.29, 0.717) is 18.9 Å². The Kier molecular flexibility index (Phi) is 2.78. The van der Waals surface area contributed by atoms with Gasteiger partial charge in [0.2, 0.25) is 0 Å². The first kappa shape index (κ1) is 12.2. The Labute approximate surface area is 107 Å². The maximum Gasteiger partial charge on any atom is 0.195 e. The first-order chi connectivity index (χ1) is 9.09. The molecule has 1 unspecified atom stereocenters. The van der Waals surface area contributed by atoms with Crippen LogP contribution >= 0.6 is 0 Å². The summed E-state index contributed by atoms with van der Waals surface area (Å²) in [6.07, 6.45) is 0. The summed E-state index contributed by atoms with van der Waals surface area (Å²) < 4.78 is 41.7. The highest BCUT2D eigenvalue weighted by atomic mass is 19.2. The zero-order valence-electron chi connectivity index (χ0n) is 10.1. The highest BCUT2D eigenvalue weighted by Gasteiger charge is 2.25. The predicted octanol–water partition coefficient (Wildman–Crippen LogP) is 2.03. The van der Waals surface area contributed by atoms with Gasteiger partial charge in [0.25, 0.3) is 0 Å². The Bertz CT molecular complexity index is 638. The van der Waals surface area contributed by atoms with Crippen LogP contribution in [0.2, 0.25) is 0 Å². The van der Waals surface area contributed by atoms with Crippen molar-refractivity contribution in [1.29, 1.82) is 0 Å². The number of nitrogens with one attached hydrogen (secondary N) is 1. The normalized spacial score (nSPS) is 18.4. The summed E-state index contributed by atoms with van der Waals surface area (Å²) >= 11 is 0. The number of nitrogens with zero attached hydrogens (tertiary/aromatic N) is 3. The summed E-state index contributed by atoms with van der Waals surface area (Å²) in [6.45, 7) is 3.15. The van der Waals surface area contributed by atoms with Crippen LogP contribution in [0.5, 0.6) is 0 Å². The van der Waals surface area contributed by atoms with E-state index >= 15 is 0 Å². The molecule has 2 aromatic rings. The number of hydrogen-bond donors (Lipinski definition) is 1. The molecule has 0 saturated heterocycles. The molecule has 1 aromatic carbocycles. The number of aromatic nitrogens is 3. The molecule has 1 aliphatic rings. The van der Waals surface area contributed by atoms with E-state index in [9.17, 15) is 13.2 Å². The molecule has 19 heavy (non-hydrogen) atoms. The van der Waals surface area contributed by atoms with E-state index in [1.54, 1.807) is 4.57 Å². The van der Waals surface area contributed by atoms with Gasteiger partial charge in [0, 0.05) is 13.1 Å². The molecule has 7 heteroatoms. The molecular formula is C12H11F3N4. The van der Waals surface area contributed by atoms with E-state index < -0.39 is 17.5 Å². The van der Waals surface area contributed by atoms with Crippen molar-refractivity contribution in [1.82, 2.24) is 20.1 Å². The van der Waals surface area contributed by atoms with Gasteiger partial charge in [-0.2, -0.15) is 0 Å². The lowest BCUT2D eigenvalue weighted by Gasteiger charge is -2.22. The summed E-state index contributed by atoms with van der Waals surface area (Å²) in [5, 5.41) is 11.1. The van der Waals surface area contributed by atoms with Crippen LogP contribution < -0.4 is 5.32 Å². The Hall–Kier alpha value is -1.89. The largest absolute Gasteiger partial charge is 0.308 e. The number of halogens is 3. The fraction of sp³-hybridized carbons (Fsp3) is 0.333. The summed E-state index contributed by atoms with van der Waals surface area (Å²) in [5.74, 6) is -3.06. The molecule has 1 N–H and O–H groups in total. The Morgan fingerprint density at radius 2 is 2.00 bits per heavy atom. The molecule has 0 radical (unpaired) electrons. The summed E-state index contributed by atoms with van der Waals surface area (Å²) in [5.41, 5.74) is -0.0771. The van der Waals surface area contributed by atoms with E-state index in [-0.39, 0.29) is 17.4 Å². The minimum Gasteiger partial charge on any atom is -0.308 e. The van der Waals surface area contributed by atoms with Gasteiger partial charge in [-0.3, -0.25) is 0 Å². The zero-order chi connectivity index (χ0) is 13.6. The van der Waals surface area contributed by atoms with Crippen LogP contribution in [-0.2, 0) is 6.54 Å². The molecule has 3 rings (SSSR count). The lowest BCUT2D eigenvalue weighted by Crippen LogP contribution is -2.32. The number of benzene rings is 1. The second-order valence-electron chi connectivity index (χ2n) is 4.43. The van der Waals surface area contributed by atoms with Gasteiger partial charge in [-0.05, 0) is 19.1 Å². The average molecular weight is 268 g/mol. The fourth-order valence-corrected chi connectivity index (χ4v) is 2.24. The highest BCUT2D eigenvalue weighted by Crippen LogP contribution is 2.27. The van der Waals surface area contributed by atoms with Crippen molar-refractivity contribution in [3.05, 3.63) is 35.4 Å². The van der Waals surface area contributed by atoms with Crippen LogP contribution in [0.25, 0.3) is 11.4 Å². The van der Waals surface area contributed by atoms with Gasteiger partial charge in [0.15, 0.2) is 23.3 Å². The lowest BCUT2D eigenvalue weighted by molar-refractivity contribution is 0.435. The number of hydrogen-bond acceptors (Lipinski definition) is 3. The Balaban J connectivity index is 2.16. The maximum absolute atomic E-state index is 13.8. The van der Waals surface area contributed by atoms with E-state index in [4.69, 9.17) is 0 Å². The van der Waals surface area contributed by atoms with E-state index in [2.05, 4.69) is 15.5 Å². The molecule has 1 aromatic heterocycles. The van der Waals surface area contributed by atoms with Gasteiger partial charge in [-0.1, -0.05) is 0 Å². The third-order valence-electron chi connectivity index (χ3n) is 3.23. The van der Waals surface area contributed by atoms with E-state index in [1.165, 1.54) is 6.07 Å². The van der Waals surface area contributed by atoms with Crippen molar-refractivity contribution < 1.29 is 13.2 Å². The number of fused-ring (bicyclic) bond motifs is 1. The summed E-state index contributed by atoms with van der Waals surface area (Å²) in [4.78, 5) is 0. The van der Waals surface area contributed by atoms with Gasteiger partial charge >= 0.3 is 0 Å². The molecule has 100 valence electrons. The first-order valence-corrected chi connectivity index (χ1v) is 5.90. The minimum absolute atomic E-state index is 0.0108. The van der Waals surface area contributed by atoms with Crippen LogP contribution in [0.15, 0.2) is 12.1 Å². The lowest BCUT2D eigenvalue weighted by atomic mass is 10.1. The molecule has 1 atom stereocenters. The molecule has 0 aliphatic carbocycles. The van der Waals surface area contributed by atoms with E-state index in [0.717, 1.165) is 6.07 Å². The van der Waals surface area contributed by atoms with Crippen molar-refractivity contribution in [2.24, 2.45) is 0 Å². The molecule has 0 saturated carbocycles. The topological polar surface area (TPSA) is 42.7 Å². The smallest absolute Gasteiger partial charge is 0.195 e. The summed E-state index contributed by atoms with van der Waals surface area (Å²) in [7, 11) is 0. The second-order valence-corrected chi connectivity index (χ2v) is 4.43. The Morgan fingerprint density at radius 3 is 2.79 bits per heavy atom. The van der Waals surface area contributed by atoms with Crippen LogP contribution in [0.3, 0.4) is 0 Å². The van der Waals surface area contributed by atoms with Crippen LogP contribution in [-0.4, -0.2) is 21.3 Å². The fourth-order valence-electron chi connectivity index (χ4n) is 2.24. The van der Waals surface area contributed by atoms with Gasteiger partial charge in [-0.25, -0.2) is 13.2 Å². The first-order valence-electron chi connectivity index (χ1n) is 5.90. The Morgan fingerprint density at radius 1 is 1.21 bits per heavy atom. The quantitative estimate of drug-likeness (QED) is 0.805. The van der Waals surface area contributed by atoms with Crippen molar-refractivity contribution >= 4 is 0 Å². The molecule has 2 heterocycles. The summed E-state index contributed by atoms with van der Waals surface area (Å²) in [6, 6.07) is 2.06. The van der Waals surface area contributed by atoms with Crippen molar-refractivity contribution in [3.63, 3.8) is 0 Å².